The van der Waals surface area contributed by atoms with Crippen LogP contribution in [0.1, 0.15) is 64.2 Å². The van der Waals surface area contributed by atoms with Gasteiger partial charge in [0.1, 0.15) is 10.5 Å². The second-order valence-corrected chi connectivity index (χ2v) is 10.2. The second-order valence-electron chi connectivity index (χ2n) is 5.50. The normalized spacial score (nSPS) is 26.2. The lowest BCUT2D eigenvalue weighted by atomic mass is 9.99. The highest BCUT2D eigenvalue weighted by Crippen LogP contribution is 2.41. The van der Waals surface area contributed by atoms with Gasteiger partial charge in [0.2, 0.25) is 0 Å². The maximum atomic E-state index is 6.11. The zero-order chi connectivity index (χ0) is 10.5. The average Bonchev–Trinajstić information content (AvgIpc) is 2.33. The minimum Gasteiger partial charge on any atom is -0.465 e. The monoisotopic (exact) mass is 242 g/mol. The molecule has 0 aromatic heterocycles. The summed E-state index contributed by atoms with van der Waals surface area (Å²) in [5.74, 6) is 0. The number of hydrogen-bond acceptors (Lipinski definition) is 1. The molecule has 0 aliphatic heterocycles. The summed E-state index contributed by atoms with van der Waals surface area (Å²) >= 11 is 0. The van der Waals surface area contributed by atoms with Crippen molar-refractivity contribution in [2.75, 3.05) is 0 Å². The maximum absolute atomic E-state index is 6.11. The first-order valence-electron chi connectivity index (χ1n) is 6.94. The molecule has 0 aromatic rings. The van der Waals surface area contributed by atoms with E-state index in [1.165, 1.54) is 64.2 Å². The van der Waals surface area contributed by atoms with Crippen molar-refractivity contribution in [1.29, 1.82) is 0 Å². The fraction of sp³-hybridized carbons (Fsp3) is 1.00. The molecule has 0 saturated heterocycles. The van der Waals surface area contributed by atoms with Crippen molar-refractivity contribution < 1.29 is 4.12 Å². The summed E-state index contributed by atoms with van der Waals surface area (Å²) < 4.78 is 6.11. The molecule has 0 unspecified atom stereocenters. The van der Waals surface area contributed by atoms with Crippen molar-refractivity contribution in [3.8, 4) is 0 Å². The van der Waals surface area contributed by atoms with Gasteiger partial charge in [-0.1, -0.05) is 64.2 Å². The Kier molecular flexibility index (Phi) is 4.91. The van der Waals surface area contributed by atoms with Crippen LogP contribution >= 0.6 is 0 Å². The molecular weight excluding hydrogens is 216 g/mol. The quantitative estimate of drug-likeness (QED) is 0.692. The molecule has 0 N–H and O–H groups in total. The Morgan fingerprint density at radius 1 is 0.733 bits per heavy atom. The van der Waals surface area contributed by atoms with Gasteiger partial charge in [-0.25, -0.2) is 0 Å². The van der Waals surface area contributed by atoms with Gasteiger partial charge in [0.25, 0.3) is 0 Å². The highest BCUT2D eigenvalue weighted by molar-refractivity contribution is 6.58. The summed E-state index contributed by atoms with van der Waals surface area (Å²) in [7, 11) is 0.187. The first-order chi connectivity index (χ1) is 7.42. The van der Waals surface area contributed by atoms with Crippen LogP contribution in [-0.4, -0.2) is 19.5 Å². The third-order valence-corrected chi connectivity index (χ3v) is 9.87. The summed E-state index contributed by atoms with van der Waals surface area (Å²) in [6.45, 7) is 0. The molecule has 1 nitrogen and oxygen atoms in total. The predicted octanol–water partition coefficient (Wildman–Crippen LogP) is 2.68. The number of hydrogen-bond donors (Lipinski definition) is 0. The molecule has 0 amide bonds. The standard InChI is InChI=1S/C12H26OSi2/c14-13-15(11-7-3-1-4-8-11)12-9-5-2-6-10-12/h11-12,15H,1-10H2,14H3. The van der Waals surface area contributed by atoms with E-state index in [4.69, 9.17) is 4.12 Å². The fourth-order valence-electron chi connectivity index (χ4n) is 3.70. The molecule has 0 bridgehead atoms. The van der Waals surface area contributed by atoms with Crippen LogP contribution in [0.5, 0.6) is 0 Å². The van der Waals surface area contributed by atoms with Crippen LogP contribution in [0.2, 0.25) is 11.1 Å². The summed E-state index contributed by atoms with van der Waals surface area (Å²) in [5.41, 5.74) is 2.11. The molecule has 2 saturated carbocycles. The van der Waals surface area contributed by atoms with Crippen molar-refractivity contribution >= 4 is 19.5 Å². The largest absolute Gasteiger partial charge is 0.465 e. The molecular formula is C12H26OSi2. The summed E-state index contributed by atoms with van der Waals surface area (Å²) in [6.07, 6.45) is 15.0. The zero-order valence-electron chi connectivity index (χ0n) is 10.2. The highest BCUT2D eigenvalue weighted by Gasteiger charge is 2.32. The summed E-state index contributed by atoms with van der Waals surface area (Å²) in [5, 5.41) is 0. The van der Waals surface area contributed by atoms with E-state index in [0.717, 1.165) is 21.6 Å². The molecule has 2 rings (SSSR count). The Labute approximate surface area is 99.3 Å². The molecule has 2 fully saturated rings. The van der Waals surface area contributed by atoms with Gasteiger partial charge in [0.05, 0.1) is 0 Å². The average molecular weight is 243 g/mol. The van der Waals surface area contributed by atoms with Crippen molar-refractivity contribution in [2.45, 2.75) is 75.3 Å². The Hall–Kier alpha value is 0.394. The summed E-state index contributed by atoms with van der Waals surface area (Å²) in [4.78, 5) is 0. The molecule has 0 atom stereocenters. The lowest BCUT2D eigenvalue weighted by Crippen LogP contribution is -2.32. The van der Waals surface area contributed by atoms with E-state index in [2.05, 4.69) is 0 Å². The van der Waals surface area contributed by atoms with Gasteiger partial charge in [-0.2, -0.15) is 0 Å². The van der Waals surface area contributed by atoms with E-state index < -0.39 is 9.04 Å². The van der Waals surface area contributed by atoms with E-state index in [0.29, 0.717) is 0 Å². The lowest BCUT2D eigenvalue weighted by molar-refractivity contribution is 0.417. The third-order valence-electron chi connectivity index (χ3n) is 4.50. The topological polar surface area (TPSA) is 9.23 Å². The minimum atomic E-state index is -0.814. The lowest BCUT2D eigenvalue weighted by Gasteiger charge is -2.35. The van der Waals surface area contributed by atoms with Gasteiger partial charge >= 0.3 is 0 Å². The van der Waals surface area contributed by atoms with Gasteiger partial charge < -0.3 is 4.12 Å². The first-order valence-corrected chi connectivity index (χ1v) is 9.56. The Bertz CT molecular complexity index is 156. The molecule has 2 aliphatic carbocycles. The van der Waals surface area contributed by atoms with Crippen molar-refractivity contribution in [2.24, 2.45) is 0 Å². The van der Waals surface area contributed by atoms with Crippen LogP contribution < -0.4 is 0 Å². The van der Waals surface area contributed by atoms with Crippen LogP contribution in [0.4, 0.5) is 0 Å². The summed E-state index contributed by atoms with van der Waals surface area (Å²) in [6, 6.07) is 0. The smallest absolute Gasteiger partial charge is 0.168 e. The second kappa shape index (κ2) is 6.21. The molecule has 0 aromatic carbocycles. The van der Waals surface area contributed by atoms with Gasteiger partial charge in [0, 0.05) is 0 Å². The zero-order valence-corrected chi connectivity index (χ0v) is 13.4. The van der Waals surface area contributed by atoms with Crippen LogP contribution in [0, 0.1) is 0 Å². The van der Waals surface area contributed by atoms with Crippen molar-refractivity contribution in [3.05, 3.63) is 0 Å². The van der Waals surface area contributed by atoms with Crippen LogP contribution in [-0.2, 0) is 4.12 Å². The van der Waals surface area contributed by atoms with Gasteiger partial charge in [-0.3, -0.25) is 0 Å². The first kappa shape index (κ1) is 11.9. The molecule has 0 radical (unpaired) electrons. The van der Waals surface area contributed by atoms with Crippen LogP contribution in [0.25, 0.3) is 0 Å². The molecule has 2 aliphatic rings. The predicted molar refractivity (Wildman–Crippen MR) is 71.8 cm³/mol. The third kappa shape index (κ3) is 3.17. The Morgan fingerprint density at radius 2 is 1.13 bits per heavy atom. The van der Waals surface area contributed by atoms with E-state index in [1.807, 2.05) is 0 Å². The highest BCUT2D eigenvalue weighted by atomic mass is 28.3. The van der Waals surface area contributed by atoms with E-state index in [1.54, 1.807) is 0 Å². The maximum Gasteiger partial charge on any atom is 0.168 e. The SMILES string of the molecule is [SiH3]O[SiH](C1CCCCC1)C1CCCCC1. The number of rotatable bonds is 3. The van der Waals surface area contributed by atoms with E-state index >= 15 is 0 Å². The van der Waals surface area contributed by atoms with Crippen molar-refractivity contribution in [1.82, 2.24) is 0 Å². The van der Waals surface area contributed by atoms with Crippen LogP contribution in [0.3, 0.4) is 0 Å². The Balaban J connectivity index is 1.88. The van der Waals surface area contributed by atoms with E-state index in [-0.39, 0.29) is 0 Å². The van der Waals surface area contributed by atoms with Crippen molar-refractivity contribution in [3.63, 3.8) is 0 Å². The fourth-order valence-corrected chi connectivity index (χ4v) is 9.80. The molecule has 3 heteroatoms. The molecule has 88 valence electrons. The molecule has 0 heterocycles. The van der Waals surface area contributed by atoms with Gasteiger partial charge in [0.15, 0.2) is 9.04 Å². The van der Waals surface area contributed by atoms with Crippen LogP contribution in [0.15, 0.2) is 0 Å². The molecule has 0 spiro atoms. The van der Waals surface area contributed by atoms with Gasteiger partial charge in [-0.05, 0) is 11.1 Å². The minimum absolute atomic E-state index is 0.814. The Morgan fingerprint density at radius 3 is 1.47 bits per heavy atom. The van der Waals surface area contributed by atoms with Gasteiger partial charge in [-0.15, -0.1) is 0 Å². The molecule has 15 heavy (non-hydrogen) atoms. The van der Waals surface area contributed by atoms with E-state index in [9.17, 15) is 0 Å².